The molecule has 0 aliphatic carbocycles. The molecular formula is C15H17ClN2O2. The van der Waals surface area contributed by atoms with Gasteiger partial charge in [-0.2, -0.15) is 0 Å². The van der Waals surface area contributed by atoms with Crippen molar-refractivity contribution < 1.29 is 9.90 Å². The topological polar surface area (TPSA) is 53.4 Å². The van der Waals surface area contributed by atoms with Crippen LogP contribution in [0.1, 0.15) is 23.7 Å². The average molecular weight is 293 g/mol. The van der Waals surface area contributed by atoms with E-state index in [1.165, 1.54) is 6.20 Å². The summed E-state index contributed by atoms with van der Waals surface area (Å²) in [7, 11) is 1.72. The minimum atomic E-state index is -0.426. The number of carbonyl (C=O) groups excluding carboxylic acids is 1. The second-order valence-corrected chi connectivity index (χ2v) is 5.23. The van der Waals surface area contributed by atoms with Crippen LogP contribution in [0, 0.1) is 0 Å². The van der Waals surface area contributed by atoms with Gasteiger partial charge in [0.05, 0.1) is 11.7 Å². The number of hydrogen-bond acceptors (Lipinski definition) is 3. The molecule has 1 unspecified atom stereocenters. The molecule has 4 nitrogen and oxygen atoms in total. The lowest BCUT2D eigenvalue weighted by atomic mass is 10.1. The van der Waals surface area contributed by atoms with Crippen molar-refractivity contribution in [2.75, 3.05) is 13.6 Å². The Balaban J connectivity index is 2.33. The molecule has 1 atom stereocenters. The molecule has 2 rings (SSSR count). The van der Waals surface area contributed by atoms with E-state index >= 15 is 0 Å². The first-order chi connectivity index (χ1) is 9.50. The Kier molecular flexibility index (Phi) is 4.57. The highest BCUT2D eigenvalue weighted by Gasteiger charge is 2.16. The molecule has 0 aliphatic rings. The van der Waals surface area contributed by atoms with Crippen LogP contribution in [0.25, 0.3) is 10.8 Å². The minimum absolute atomic E-state index is 0.119. The molecule has 0 radical (unpaired) electrons. The average Bonchev–Trinajstić information content (AvgIpc) is 2.44. The number of nitrogens with zero attached hydrogens (tertiary/aromatic N) is 2. The largest absolute Gasteiger partial charge is 0.393 e. The first-order valence-corrected chi connectivity index (χ1v) is 6.85. The Bertz CT molecular complexity index is 628. The summed E-state index contributed by atoms with van der Waals surface area (Å²) in [4.78, 5) is 18.1. The molecule has 0 fully saturated rings. The van der Waals surface area contributed by atoms with Crippen LogP contribution < -0.4 is 0 Å². The first kappa shape index (κ1) is 14.8. The Morgan fingerprint density at radius 1 is 1.40 bits per heavy atom. The van der Waals surface area contributed by atoms with Gasteiger partial charge >= 0.3 is 0 Å². The van der Waals surface area contributed by atoms with Crippen molar-refractivity contribution in [3.05, 3.63) is 41.2 Å². The number of amides is 1. The molecular weight excluding hydrogens is 276 g/mol. The number of aliphatic hydroxyl groups excluding tert-OH is 1. The van der Waals surface area contributed by atoms with Crippen LogP contribution in [0.4, 0.5) is 0 Å². The van der Waals surface area contributed by atoms with Crippen LogP contribution in [-0.2, 0) is 0 Å². The molecule has 1 amide bonds. The van der Waals surface area contributed by atoms with E-state index in [0.29, 0.717) is 23.7 Å². The highest BCUT2D eigenvalue weighted by atomic mass is 35.5. The predicted molar refractivity (Wildman–Crippen MR) is 80.0 cm³/mol. The van der Waals surface area contributed by atoms with Gasteiger partial charge in [-0.15, -0.1) is 0 Å². The smallest absolute Gasteiger partial charge is 0.255 e. The van der Waals surface area contributed by atoms with Gasteiger partial charge in [0.1, 0.15) is 5.15 Å². The van der Waals surface area contributed by atoms with Crippen molar-refractivity contribution in [3.8, 4) is 0 Å². The standard InChI is InChI=1S/C15H17ClN2O2/c1-10(19)7-8-18(2)15(20)13-9-17-14(16)12-6-4-3-5-11(12)13/h3-6,9-10,19H,7-8H2,1-2H3. The fourth-order valence-corrected chi connectivity index (χ4v) is 2.23. The van der Waals surface area contributed by atoms with Gasteiger partial charge in [-0.3, -0.25) is 4.79 Å². The van der Waals surface area contributed by atoms with Crippen molar-refractivity contribution >= 4 is 28.3 Å². The SMILES string of the molecule is CC(O)CCN(C)C(=O)c1cnc(Cl)c2ccccc12. The summed E-state index contributed by atoms with van der Waals surface area (Å²) in [6.45, 7) is 2.20. The van der Waals surface area contributed by atoms with Gasteiger partial charge in [0.25, 0.3) is 5.91 Å². The summed E-state index contributed by atoms with van der Waals surface area (Å²) in [5, 5.41) is 11.2. The number of carbonyl (C=O) groups is 1. The maximum Gasteiger partial charge on any atom is 0.255 e. The number of pyridine rings is 1. The van der Waals surface area contributed by atoms with Gasteiger partial charge in [-0.1, -0.05) is 35.9 Å². The summed E-state index contributed by atoms with van der Waals surface area (Å²) in [5.41, 5.74) is 0.526. The van der Waals surface area contributed by atoms with Crippen LogP contribution in [0.5, 0.6) is 0 Å². The van der Waals surface area contributed by atoms with Gasteiger partial charge in [-0.25, -0.2) is 4.98 Å². The van der Waals surface area contributed by atoms with E-state index in [-0.39, 0.29) is 5.91 Å². The van der Waals surface area contributed by atoms with Crippen molar-refractivity contribution in [2.45, 2.75) is 19.4 Å². The number of halogens is 1. The summed E-state index contributed by atoms with van der Waals surface area (Å²) < 4.78 is 0. The van der Waals surface area contributed by atoms with Crippen LogP contribution in [-0.4, -0.2) is 40.6 Å². The number of aliphatic hydroxyl groups is 1. The number of benzene rings is 1. The van der Waals surface area contributed by atoms with E-state index in [0.717, 1.165) is 10.8 Å². The van der Waals surface area contributed by atoms with Gasteiger partial charge < -0.3 is 10.0 Å². The minimum Gasteiger partial charge on any atom is -0.393 e. The van der Waals surface area contributed by atoms with E-state index in [1.54, 1.807) is 18.9 Å². The highest BCUT2D eigenvalue weighted by Crippen LogP contribution is 2.24. The van der Waals surface area contributed by atoms with Gasteiger partial charge in [0.2, 0.25) is 0 Å². The fraction of sp³-hybridized carbons (Fsp3) is 0.333. The van der Waals surface area contributed by atoms with Crippen LogP contribution in [0.3, 0.4) is 0 Å². The molecule has 0 aliphatic heterocycles. The maximum atomic E-state index is 12.4. The van der Waals surface area contributed by atoms with Gasteiger partial charge in [-0.05, 0) is 18.7 Å². The zero-order valence-electron chi connectivity index (χ0n) is 11.5. The van der Waals surface area contributed by atoms with Gasteiger partial charge in [0.15, 0.2) is 0 Å². The molecule has 2 aromatic rings. The summed E-state index contributed by atoms with van der Waals surface area (Å²) in [5.74, 6) is -0.119. The second kappa shape index (κ2) is 6.20. The lowest BCUT2D eigenvalue weighted by Crippen LogP contribution is -2.29. The molecule has 1 aromatic heterocycles. The van der Waals surface area contributed by atoms with Crippen molar-refractivity contribution in [1.82, 2.24) is 9.88 Å². The van der Waals surface area contributed by atoms with E-state index in [2.05, 4.69) is 4.98 Å². The van der Waals surface area contributed by atoms with E-state index < -0.39 is 6.10 Å². The zero-order valence-corrected chi connectivity index (χ0v) is 12.3. The Hall–Kier alpha value is -1.65. The lowest BCUT2D eigenvalue weighted by Gasteiger charge is -2.19. The van der Waals surface area contributed by atoms with Crippen molar-refractivity contribution in [2.24, 2.45) is 0 Å². The summed E-state index contributed by atoms with van der Waals surface area (Å²) >= 11 is 6.05. The summed E-state index contributed by atoms with van der Waals surface area (Å²) in [6, 6.07) is 7.43. The van der Waals surface area contributed by atoms with Crippen molar-refractivity contribution in [1.29, 1.82) is 0 Å². The molecule has 0 bridgehead atoms. The number of aromatic nitrogens is 1. The Morgan fingerprint density at radius 3 is 2.70 bits per heavy atom. The number of fused-ring (bicyclic) bond motifs is 1. The Morgan fingerprint density at radius 2 is 2.05 bits per heavy atom. The Labute approximate surface area is 123 Å². The third kappa shape index (κ3) is 3.08. The quantitative estimate of drug-likeness (QED) is 0.882. The molecule has 1 aromatic carbocycles. The predicted octanol–water partition coefficient (Wildman–Crippen LogP) is 2.73. The monoisotopic (exact) mass is 292 g/mol. The molecule has 1 N–H and O–H groups in total. The molecule has 1 heterocycles. The zero-order chi connectivity index (χ0) is 14.7. The molecule has 0 saturated heterocycles. The highest BCUT2D eigenvalue weighted by molar-refractivity contribution is 6.34. The normalized spacial score (nSPS) is 12.4. The van der Waals surface area contributed by atoms with Crippen LogP contribution >= 0.6 is 11.6 Å². The van der Waals surface area contributed by atoms with Gasteiger partial charge in [0, 0.05) is 25.2 Å². The van der Waals surface area contributed by atoms with E-state index in [9.17, 15) is 9.90 Å². The van der Waals surface area contributed by atoms with Crippen LogP contribution in [0.2, 0.25) is 5.15 Å². The lowest BCUT2D eigenvalue weighted by molar-refractivity contribution is 0.0770. The summed E-state index contributed by atoms with van der Waals surface area (Å²) in [6.07, 6.45) is 1.62. The van der Waals surface area contributed by atoms with E-state index in [4.69, 9.17) is 11.6 Å². The number of rotatable bonds is 4. The second-order valence-electron chi connectivity index (χ2n) is 4.87. The number of hydrogen-bond donors (Lipinski definition) is 1. The molecule has 5 heteroatoms. The maximum absolute atomic E-state index is 12.4. The molecule has 106 valence electrons. The van der Waals surface area contributed by atoms with E-state index in [1.807, 2.05) is 24.3 Å². The molecule has 0 saturated carbocycles. The molecule has 20 heavy (non-hydrogen) atoms. The third-order valence-electron chi connectivity index (χ3n) is 3.21. The van der Waals surface area contributed by atoms with Crippen molar-refractivity contribution in [3.63, 3.8) is 0 Å². The first-order valence-electron chi connectivity index (χ1n) is 6.47. The molecule has 0 spiro atoms. The fourth-order valence-electron chi connectivity index (χ4n) is 2.02. The third-order valence-corrected chi connectivity index (χ3v) is 3.51. The van der Waals surface area contributed by atoms with Crippen LogP contribution in [0.15, 0.2) is 30.5 Å².